The Morgan fingerprint density at radius 3 is 0.750 bits per heavy atom. The third-order valence-electron chi connectivity index (χ3n) is 25.2. The zero-order valence-electron chi connectivity index (χ0n) is 72.6. The van der Waals surface area contributed by atoms with E-state index >= 15 is 35.1 Å². The summed E-state index contributed by atoms with van der Waals surface area (Å²) in [5, 5.41) is 29.4. The Balaban J connectivity index is 0.000000170. The molecule has 0 aliphatic heterocycles. The quantitative estimate of drug-likeness (QED) is 0.0545. The summed E-state index contributed by atoms with van der Waals surface area (Å²) in [5.74, 6) is -5.87. The third-order valence-corrected chi connectivity index (χ3v) is 25.2. The molecular weight excluding hydrogens is 1660 g/mol. The highest BCUT2D eigenvalue weighted by Crippen LogP contribution is 2.54. The first-order valence-corrected chi connectivity index (χ1v) is 42.7. The van der Waals surface area contributed by atoms with E-state index in [2.05, 4.69) is 21.8 Å². The van der Waals surface area contributed by atoms with Gasteiger partial charge in [-0.2, -0.15) is 10.5 Å². The molecule has 8 nitrogen and oxygen atoms in total. The molecule has 0 bridgehead atoms. The Kier molecular flexibility index (Phi) is 21.8. The molecule has 0 fully saturated rings. The van der Waals surface area contributed by atoms with E-state index in [0.717, 1.165) is 133 Å². The molecule has 0 saturated carbocycles. The van der Waals surface area contributed by atoms with Crippen LogP contribution in [-0.2, 0) is 0 Å². The number of nitrogens with zero attached hydrogens (tertiary/aromatic N) is 8. The molecule has 16 heteroatoms. The second-order valence-corrected chi connectivity index (χ2v) is 33.4. The van der Waals surface area contributed by atoms with Crippen LogP contribution in [0.5, 0.6) is 0 Å². The highest BCUT2D eigenvalue weighted by atomic mass is 19.2. The molecule has 0 aliphatic rings. The number of nitriles is 2. The van der Waals surface area contributed by atoms with Gasteiger partial charge in [-0.05, 0) is 275 Å². The Labute approximate surface area is 757 Å². The van der Waals surface area contributed by atoms with Gasteiger partial charge in [0, 0.05) is 90.8 Å². The Morgan fingerprint density at radius 2 is 0.485 bits per heavy atom. The van der Waals surface area contributed by atoms with Gasteiger partial charge in [0.15, 0.2) is 11.4 Å². The van der Waals surface area contributed by atoms with Crippen LogP contribution in [0.4, 0.5) is 115 Å². The second kappa shape index (κ2) is 34.0. The van der Waals surface area contributed by atoms with Gasteiger partial charge in [0.25, 0.3) is 0 Å². The number of halogens is 8. The van der Waals surface area contributed by atoms with E-state index in [1.54, 1.807) is 141 Å². The molecule has 0 spiro atoms. The summed E-state index contributed by atoms with van der Waals surface area (Å²) < 4.78 is 130. The lowest BCUT2D eigenvalue weighted by molar-refractivity contribution is 0.585. The Bertz CT molecular complexity index is 7760. The number of aryl methyl sites for hydroxylation is 8. The van der Waals surface area contributed by atoms with E-state index in [0.29, 0.717) is 90.3 Å². The molecular formula is C116H76F8N8. The highest BCUT2D eigenvalue weighted by Gasteiger charge is 2.32. The molecule has 0 unspecified atom stereocenters. The molecule has 0 heterocycles. The van der Waals surface area contributed by atoms with Crippen LogP contribution in [0.25, 0.3) is 119 Å². The van der Waals surface area contributed by atoms with Crippen molar-refractivity contribution < 1.29 is 35.1 Å². The lowest BCUT2D eigenvalue weighted by Gasteiger charge is -2.30. The van der Waals surface area contributed by atoms with Crippen LogP contribution < -0.4 is 19.6 Å². The molecule has 132 heavy (non-hydrogen) atoms. The van der Waals surface area contributed by atoms with Gasteiger partial charge in [0.1, 0.15) is 46.5 Å². The monoisotopic (exact) mass is 1730 g/mol. The summed E-state index contributed by atoms with van der Waals surface area (Å²) in [6.45, 7) is 30.5. The number of benzene rings is 20. The minimum absolute atomic E-state index is 0.105. The van der Waals surface area contributed by atoms with E-state index in [4.69, 9.17) is 13.1 Å². The first-order valence-electron chi connectivity index (χ1n) is 42.7. The molecule has 20 aromatic carbocycles. The fraction of sp³-hybridized carbons (Fsp3) is 0.0690. The second-order valence-electron chi connectivity index (χ2n) is 33.4. The van der Waals surface area contributed by atoms with E-state index in [1.807, 2.05) is 225 Å². The fourth-order valence-electron chi connectivity index (χ4n) is 18.8. The van der Waals surface area contributed by atoms with Gasteiger partial charge in [-0.3, -0.25) is 0 Å². The van der Waals surface area contributed by atoms with Crippen LogP contribution in [0, 0.1) is 138 Å². The predicted molar refractivity (Wildman–Crippen MR) is 520 cm³/mol. The van der Waals surface area contributed by atoms with Crippen LogP contribution in [0.2, 0.25) is 0 Å². The minimum Gasteiger partial charge on any atom is -0.307 e. The summed E-state index contributed by atoms with van der Waals surface area (Å²) >= 11 is 0. The summed E-state index contributed by atoms with van der Waals surface area (Å²) in [6, 6.07) is 95.9. The lowest BCUT2D eigenvalue weighted by atomic mass is 9.91. The van der Waals surface area contributed by atoms with Crippen molar-refractivity contribution in [3.63, 3.8) is 0 Å². The summed E-state index contributed by atoms with van der Waals surface area (Å²) in [7, 11) is 0. The number of rotatable bonds is 16. The highest BCUT2D eigenvalue weighted by molar-refractivity contribution is 6.30. The van der Waals surface area contributed by atoms with Crippen molar-refractivity contribution in [1.29, 1.82) is 10.5 Å². The van der Waals surface area contributed by atoms with E-state index in [9.17, 15) is 10.5 Å². The molecule has 0 aliphatic carbocycles. The maximum atomic E-state index is 16.7. The van der Waals surface area contributed by atoms with Crippen molar-refractivity contribution in [2.75, 3.05) is 19.6 Å². The zero-order valence-corrected chi connectivity index (χ0v) is 72.6. The van der Waals surface area contributed by atoms with Crippen LogP contribution in [0.1, 0.15) is 55.6 Å². The Hall–Kier alpha value is -16.9. The van der Waals surface area contributed by atoms with Gasteiger partial charge in [-0.1, -0.05) is 181 Å². The average molecular weight is 1730 g/mol. The predicted octanol–water partition coefficient (Wildman–Crippen LogP) is 34.1. The van der Waals surface area contributed by atoms with Gasteiger partial charge in [-0.15, -0.1) is 0 Å². The average Bonchev–Trinajstić information content (AvgIpc) is 0.719. The molecule has 0 N–H and O–H groups in total. The van der Waals surface area contributed by atoms with Gasteiger partial charge >= 0.3 is 0 Å². The van der Waals surface area contributed by atoms with Crippen LogP contribution in [0.15, 0.2) is 315 Å². The summed E-state index contributed by atoms with van der Waals surface area (Å²) in [6.07, 6.45) is 0. The van der Waals surface area contributed by atoms with Crippen LogP contribution >= 0.6 is 0 Å². The summed E-state index contributed by atoms with van der Waals surface area (Å²) in [5.41, 5.74) is 17.2. The molecule has 636 valence electrons. The van der Waals surface area contributed by atoms with Gasteiger partial charge in [0.05, 0.1) is 81.9 Å². The van der Waals surface area contributed by atoms with Crippen molar-refractivity contribution in [2.45, 2.75) is 55.4 Å². The van der Waals surface area contributed by atoms with Crippen molar-refractivity contribution in [3.05, 3.63) is 440 Å². The van der Waals surface area contributed by atoms with Crippen LogP contribution in [-0.4, -0.2) is 0 Å². The van der Waals surface area contributed by atoms with Crippen molar-refractivity contribution in [1.82, 2.24) is 0 Å². The third kappa shape index (κ3) is 14.9. The topological polar surface area (TPSA) is 69.3 Å². The molecule has 0 aromatic heterocycles. The fourth-order valence-corrected chi connectivity index (χ4v) is 18.8. The minimum atomic E-state index is -0.777. The molecule has 20 aromatic rings. The first kappa shape index (κ1) is 84.6. The maximum Gasteiger partial charge on any atom is 0.187 e. The van der Waals surface area contributed by atoms with Crippen LogP contribution in [0.3, 0.4) is 0 Å². The van der Waals surface area contributed by atoms with Gasteiger partial charge in [0.2, 0.25) is 0 Å². The van der Waals surface area contributed by atoms with Gasteiger partial charge in [-0.25, -0.2) is 44.8 Å². The first-order chi connectivity index (χ1) is 63.9. The van der Waals surface area contributed by atoms with E-state index < -0.39 is 46.5 Å². The van der Waals surface area contributed by atoms with Crippen molar-refractivity contribution >= 4 is 144 Å². The standard InChI is InChI=1S/2C58H38F4N4/c1-33-6-8-35(3)45(26-33)47-28-55(51(61)30-49(47)59)65(41-18-10-37(32-63)11-19-41)53-24-14-38-13-23-44-54(25-15-39-12-22-43(53)57(38)58(39)44)66(42-20-16-40(64-5)17-21-42)56-29-48(50(60)31-52(56)62)46-27-34(2)7-9-36(46)4;1-33-8-6-9-34(2)55(33)45-28-53(49(61)30-47(45)59)65(41-20-12-37(32-63)13-21-41)51-26-16-38-15-25-44-52(27-17-39-14-24-43(51)57(38)58(39)44)66(42-22-18-40(64-5)19-23-42)54-29-46(48(60)31-50(54)62)56-35(3)10-7-11-36(56)4/h2*6-31H,1-4H3. The molecule has 20 rings (SSSR count). The molecule has 0 radical (unpaired) electrons. The van der Waals surface area contributed by atoms with Crippen molar-refractivity contribution in [3.8, 4) is 56.6 Å². The lowest BCUT2D eigenvalue weighted by Crippen LogP contribution is -2.14. The van der Waals surface area contributed by atoms with E-state index in [1.165, 1.54) is 0 Å². The molecule has 0 amide bonds. The largest absolute Gasteiger partial charge is 0.307 e. The molecule has 0 atom stereocenters. The summed E-state index contributed by atoms with van der Waals surface area (Å²) in [4.78, 5) is 14.2. The SMILES string of the molecule is [C-]#[N+]c1ccc(N(c2cc(-c3c(C)cccc3C)c(F)cc2F)c2ccc3ccc4c(N(c5ccc(C#N)cc5)c5cc(-c6c(C)cccc6C)c(F)cc5F)ccc5ccc2c3c54)cc1.[C-]#[N+]c1ccc(N(c2cc(-c3cc(C)ccc3C)c(F)cc2F)c2ccc3ccc4c(N(c5ccc(C#N)cc5)c5cc(-c6cc(C)ccc6C)c(F)cc5F)ccc5ccc2c3c54)cc1. The zero-order chi connectivity index (χ0) is 91.9. The smallest absolute Gasteiger partial charge is 0.187 e. The number of hydrogen-bond donors (Lipinski definition) is 0. The van der Waals surface area contributed by atoms with Crippen molar-refractivity contribution in [2.24, 2.45) is 0 Å². The number of hydrogen-bond acceptors (Lipinski definition) is 6. The van der Waals surface area contributed by atoms with Gasteiger partial charge < -0.3 is 19.6 Å². The van der Waals surface area contributed by atoms with E-state index in [-0.39, 0.29) is 45.0 Å². The normalized spacial score (nSPS) is 11.3. The number of anilines is 12. The maximum absolute atomic E-state index is 16.7. The molecule has 0 saturated heterocycles. The Morgan fingerprint density at radius 1 is 0.235 bits per heavy atom.